The fourth-order valence-corrected chi connectivity index (χ4v) is 3.02. The Morgan fingerprint density at radius 1 is 1.35 bits per heavy atom. The number of fused-ring (bicyclic) bond motifs is 1. The van der Waals surface area contributed by atoms with E-state index in [0.717, 1.165) is 43.1 Å². The number of aromatic hydroxyl groups is 1. The van der Waals surface area contributed by atoms with Crippen molar-refractivity contribution in [1.29, 1.82) is 0 Å². The summed E-state index contributed by atoms with van der Waals surface area (Å²) in [6.07, 6.45) is 0. The van der Waals surface area contributed by atoms with Gasteiger partial charge in [0.25, 0.3) is 0 Å². The first-order chi connectivity index (χ1) is 12.5. The minimum absolute atomic E-state index is 0.128. The molecule has 0 bridgehead atoms. The highest BCUT2D eigenvalue weighted by Gasteiger charge is 2.19. The van der Waals surface area contributed by atoms with Crippen LogP contribution in [0.3, 0.4) is 0 Å². The zero-order valence-electron chi connectivity index (χ0n) is 15.4. The summed E-state index contributed by atoms with van der Waals surface area (Å²) in [7, 11) is 4.96. The first-order valence-electron chi connectivity index (χ1n) is 8.55. The van der Waals surface area contributed by atoms with Crippen molar-refractivity contribution < 1.29 is 14.6 Å². The number of aromatic nitrogens is 2. The van der Waals surface area contributed by atoms with E-state index < -0.39 is 0 Å². The third-order valence-corrected chi connectivity index (χ3v) is 4.40. The maximum absolute atomic E-state index is 11.6. The molecule has 0 saturated carbocycles. The fraction of sp³-hybridized carbons (Fsp3) is 0.444. The Balaban J connectivity index is 1.61. The number of phenols is 1. The van der Waals surface area contributed by atoms with Crippen molar-refractivity contribution in [1.82, 2.24) is 24.9 Å². The van der Waals surface area contributed by atoms with Crippen LogP contribution in [0.1, 0.15) is 17.0 Å². The molecule has 140 valence electrons. The van der Waals surface area contributed by atoms with E-state index in [4.69, 9.17) is 4.74 Å². The van der Waals surface area contributed by atoms with Gasteiger partial charge in [-0.2, -0.15) is 5.10 Å². The number of carbonyl (C=O) groups excluding carboxylic acids is 1. The Morgan fingerprint density at radius 2 is 2.15 bits per heavy atom. The highest BCUT2D eigenvalue weighted by molar-refractivity contribution is 5.73. The van der Waals surface area contributed by atoms with E-state index in [1.807, 2.05) is 16.8 Å². The number of nitrogens with zero attached hydrogens (tertiary/aromatic N) is 4. The van der Waals surface area contributed by atoms with Gasteiger partial charge < -0.3 is 20.1 Å². The first kappa shape index (κ1) is 18.1. The van der Waals surface area contributed by atoms with Gasteiger partial charge in [0.05, 0.1) is 31.6 Å². The average molecular weight is 359 g/mol. The van der Waals surface area contributed by atoms with Crippen LogP contribution in [0.25, 0.3) is 0 Å². The monoisotopic (exact) mass is 359 g/mol. The molecule has 8 nitrogen and oxygen atoms in total. The molecular formula is C18H25N5O3. The molecule has 8 heteroatoms. The molecule has 0 saturated heterocycles. The van der Waals surface area contributed by atoms with Gasteiger partial charge in [0.1, 0.15) is 0 Å². The van der Waals surface area contributed by atoms with Crippen LogP contribution >= 0.6 is 0 Å². The number of urea groups is 1. The summed E-state index contributed by atoms with van der Waals surface area (Å²) in [5.41, 5.74) is 3.02. The van der Waals surface area contributed by atoms with Crippen molar-refractivity contribution in [2.24, 2.45) is 0 Å². The van der Waals surface area contributed by atoms with Crippen molar-refractivity contribution in [3.63, 3.8) is 0 Å². The van der Waals surface area contributed by atoms with Crippen LogP contribution in [-0.2, 0) is 26.2 Å². The first-order valence-corrected chi connectivity index (χ1v) is 8.55. The molecule has 2 heterocycles. The van der Waals surface area contributed by atoms with Gasteiger partial charge in [-0.1, -0.05) is 6.07 Å². The van der Waals surface area contributed by atoms with Gasteiger partial charge in [0, 0.05) is 33.7 Å². The number of benzene rings is 1. The molecule has 1 aliphatic heterocycles. The van der Waals surface area contributed by atoms with Gasteiger partial charge in [-0.3, -0.25) is 9.58 Å². The van der Waals surface area contributed by atoms with Crippen molar-refractivity contribution in [3.05, 3.63) is 41.2 Å². The maximum atomic E-state index is 11.6. The molecular weight excluding hydrogens is 334 g/mol. The lowest BCUT2D eigenvalue weighted by atomic mass is 10.1. The lowest BCUT2D eigenvalue weighted by molar-refractivity contribution is 0.204. The third kappa shape index (κ3) is 4.08. The quantitative estimate of drug-likeness (QED) is 0.843. The Bertz CT molecular complexity index is 787. The number of nitrogens with one attached hydrogen (secondary N) is 1. The predicted molar refractivity (Wildman–Crippen MR) is 96.9 cm³/mol. The van der Waals surface area contributed by atoms with Gasteiger partial charge in [-0.15, -0.1) is 0 Å². The molecule has 1 aliphatic rings. The van der Waals surface area contributed by atoms with E-state index in [-0.39, 0.29) is 11.8 Å². The Hall–Kier alpha value is -2.74. The van der Waals surface area contributed by atoms with Crippen LogP contribution in [0.15, 0.2) is 24.3 Å². The van der Waals surface area contributed by atoms with Gasteiger partial charge in [0.15, 0.2) is 11.5 Å². The van der Waals surface area contributed by atoms with Gasteiger partial charge in [-0.05, 0) is 23.8 Å². The molecule has 2 N–H and O–H groups in total. The maximum Gasteiger partial charge on any atom is 0.317 e. The summed E-state index contributed by atoms with van der Waals surface area (Å²) in [4.78, 5) is 15.4. The molecule has 0 spiro atoms. The molecule has 2 aromatic rings. The number of methoxy groups -OCH3 is 1. The van der Waals surface area contributed by atoms with Crippen molar-refractivity contribution >= 4 is 6.03 Å². The number of carbonyl (C=O) groups is 1. The largest absolute Gasteiger partial charge is 0.504 e. The second-order valence-corrected chi connectivity index (χ2v) is 6.62. The Kier molecular flexibility index (Phi) is 5.32. The van der Waals surface area contributed by atoms with E-state index >= 15 is 0 Å². The molecule has 0 unspecified atom stereocenters. The van der Waals surface area contributed by atoms with E-state index in [9.17, 15) is 9.90 Å². The molecule has 2 amide bonds. The molecule has 26 heavy (non-hydrogen) atoms. The van der Waals surface area contributed by atoms with Crippen molar-refractivity contribution in [2.45, 2.75) is 26.2 Å². The summed E-state index contributed by atoms with van der Waals surface area (Å²) in [5, 5.41) is 17.3. The normalized spacial score (nSPS) is 14.0. The van der Waals surface area contributed by atoms with Crippen LogP contribution in [0.2, 0.25) is 0 Å². The van der Waals surface area contributed by atoms with Crippen molar-refractivity contribution in [2.75, 3.05) is 27.7 Å². The van der Waals surface area contributed by atoms with E-state index in [2.05, 4.69) is 15.3 Å². The number of rotatable bonds is 5. The summed E-state index contributed by atoms with van der Waals surface area (Å²) in [5.74, 6) is 0.640. The molecule has 0 radical (unpaired) electrons. The van der Waals surface area contributed by atoms with E-state index in [1.54, 1.807) is 33.3 Å². The highest BCUT2D eigenvalue weighted by atomic mass is 16.5. The molecule has 0 atom stereocenters. The topological polar surface area (TPSA) is 82.9 Å². The molecule has 1 aromatic heterocycles. The highest BCUT2D eigenvalue weighted by Crippen LogP contribution is 2.27. The summed E-state index contributed by atoms with van der Waals surface area (Å²) >= 11 is 0. The zero-order valence-corrected chi connectivity index (χ0v) is 15.4. The van der Waals surface area contributed by atoms with Gasteiger partial charge in [-0.25, -0.2) is 4.79 Å². The molecule has 0 aliphatic carbocycles. The van der Waals surface area contributed by atoms with Gasteiger partial charge >= 0.3 is 6.03 Å². The number of hydrogen-bond acceptors (Lipinski definition) is 5. The van der Waals surface area contributed by atoms with Crippen LogP contribution in [0, 0.1) is 0 Å². The molecule has 0 fully saturated rings. The standard InChI is InChI=1S/C18H25N5O3/c1-21(2)18(25)19-10-14-9-15-12-22(6-7-23(15)20-14)11-13-4-5-17(26-3)16(24)8-13/h4-5,8-9,24H,6-7,10-12H2,1-3H3,(H,19,25). The van der Waals surface area contributed by atoms with Crippen LogP contribution in [0.5, 0.6) is 11.5 Å². The van der Waals surface area contributed by atoms with E-state index in [0.29, 0.717) is 12.3 Å². The van der Waals surface area contributed by atoms with Crippen molar-refractivity contribution in [3.8, 4) is 11.5 Å². The van der Waals surface area contributed by atoms with Gasteiger partial charge in [0.2, 0.25) is 0 Å². The Morgan fingerprint density at radius 3 is 2.85 bits per heavy atom. The van der Waals surface area contributed by atoms with E-state index in [1.165, 1.54) is 4.90 Å². The molecule has 3 rings (SSSR count). The summed E-state index contributed by atoms with van der Waals surface area (Å²) in [6, 6.07) is 7.40. The fourth-order valence-electron chi connectivity index (χ4n) is 3.02. The minimum atomic E-state index is -0.128. The summed E-state index contributed by atoms with van der Waals surface area (Å²) in [6.45, 7) is 3.63. The lowest BCUT2D eigenvalue weighted by Crippen LogP contribution is -2.34. The average Bonchev–Trinajstić information content (AvgIpc) is 3.02. The zero-order chi connectivity index (χ0) is 18.7. The molecule has 1 aromatic carbocycles. The Labute approximate surface area is 153 Å². The second kappa shape index (κ2) is 7.65. The second-order valence-electron chi connectivity index (χ2n) is 6.62. The number of hydrogen-bond donors (Lipinski definition) is 2. The predicted octanol–water partition coefficient (Wildman–Crippen LogP) is 1.38. The SMILES string of the molecule is COc1ccc(CN2CCn3nc(CNC(=O)N(C)C)cc3C2)cc1O. The summed E-state index contributed by atoms with van der Waals surface area (Å²) < 4.78 is 7.08. The van der Waals surface area contributed by atoms with Crippen LogP contribution in [0.4, 0.5) is 4.79 Å². The lowest BCUT2D eigenvalue weighted by Gasteiger charge is -2.27. The third-order valence-electron chi connectivity index (χ3n) is 4.40. The number of ether oxygens (including phenoxy) is 1. The van der Waals surface area contributed by atoms with Crippen LogP contribution in [-0.4, -0.2) is 58.5 Å². The van der Waals surface area contributed by atoms with Crippen LogP contribution < -0.4 is 10.1 Å². The minimum Gasteiger partial charge on any atom is -0.504 e. The number of phenolic OH excluding ortho intramolecular Hbond substituents is 1. The number of amides is 2. The smallest absolute Gasteiger partial charge is 0.317 e.